The monoisotopic (exact) mass is 122 g/mol. The van der Waals surface area contributed by atoms with Gasteiger partial charge in [-0.3, -0.25) is 9.79 Å². The fourth-order valence-corrected chi connectivity index (χ4v) is 0.471. The number of hydrogen-bond donors (Lipinski definition) is 1. The minimum atomic E-state index is 0.521. The van der Waals surface area contributed by atoms with Crippen LogP contribution in [0.3, 0.4) is 0 Å². The predicted octanol–water partition coefficient (Wildman–Crippen LogP) is 0.214. The zero-order valence-corrected chi connectivity index (χ0v) is 4.74. The van der Waals surface area contributed by atoms with Crippen LogP contribution in [0, 0.1) is 0 Å². The number of rotatable bonds is 1. The average Bonchev–Trinajstić information content (AvgIpc) is 2.13. The molecule has 3 heteroatoms. The highest BCUT2D eigenvalue weighted by atomic mass is 16.1. The van der Waals surface area contributed by atoms with Crippen molar-refractivity contribution in [1.29, 1.82) is 0 Å². The quantitative estimate of drug-likeness (QED) is 0.505. The summed E-state index contributed by atoms with van der Waals surface area (Å²) in [6.07, 6.45) is 7.08. The summed E-state index contributed by atoms with van der Waals surface area (Å²) in [6, 6.07) is 0. The SMILES string of the molecule is O=CC1=CC=NC=CN1. The smallest absolute Gasteiger partial charge is 0.166 e. The van der Waals surface area contributed by atoms with Gasteiger partial charge in [-0.2, -0.15) is 0 Å². The summed E-state index contributed by atoms with van der Waals surface area (Å²) in [5, 5.41) is 2.72. The molecular weight excluding hydrogens is 116 g/mol. The fraction of sp³-hybridized carbons (Fsp3) is 0. The first-order chi connectivity index (χ1) is 4.43. The van der Waals surface area contributed by atoms with Gasteiger partial charge in [-0.1, -0.05) is 0 Å². The molecule has 1 aliphatic heterocycles. The lowest BCUT2D eigenvalue weighted by Gasteiger charge is -1.91. The molecule has 1 rings (SSSR count). The van der Waals surface area contributed by atoms with Crippen LogP contribution < -0.4 is 5.32 Å². The third-order valence-electron chi connectivity index (χ3n) is 0.878. The maximum absolute atomic E-state index is 10.1. The highest BCUT2D eigenvalue weighted by molar-refractivity contribution is 5.84. The molecule has 0 atom stereocenters. The molecule has 0 unspecified atom stereocenters. The molecule has 46 valence electrons. The first-order valence-electron chi connectivity index (χ1n) is 2.53. The molecular formula is C6H6N2O. The van der Waals surface area contributed by atoms with Crippen LogP contribution in [0.15, 0.2) is 29.2 Å². The molecule has 0 aromatic heterocycles. The Morgan fingerprint density at radius 2 is 2.56 bits per heavy atom. The summed E-state index contributed by atoms with van der Waals surface area (Å²) >= 11 is 0. The van der Waals surface area contributed by atoms with Gasteiger partial charge in [0.05, 0.1) is 5.70 Å². The molecule has 1 heterocycles. The highest BCUT2D eigenvalue weighted by Crippen LogP contribution is 1.86. The molecule has 3 nitrogen and oxygen atoms in total. The number of aliphatic imine (C=N–C) groups is 1. The lowest BCUT2D eigenvalue weighted by molar-refractivity contribution is -0.105. The highest BCUT2D eigenvalue weighted by Gasteiger charge is 1.88. The average molecular weight is 122 g/mol. The predicted molar refractivity (Wildman–Crippen MR) is 34.9 cm³/mol. The molecule has 9 heavy (non-hydrogen) atoms. The summed E-state index contributed by atoms with van der Waals surface area (Å²) in [5.74, 6) is 0. The lowest BCUT2D eigenvalue weighted by atomic mass is 10.4. The Morgan fingerprint density at radius 1 is 1.67 bits per heavy atom. The van der Waals surface area contributed by atoms with Crippen LogP contribution in [-0.2, 0) is 4.79 Å². The molecule has 0 amide bonds. The molecule has 0 aliphatic carbocycles. The van der Waals surface area contributed by atoms with Gasteiger partial charge in [0.15, 0.2) is 6.29 Å². The summed E-state index contributed by atoms with van der Waals surface area (Å²) in [7, 11) is 0. The van der Waals surface area contributed by atoms with E-state index in [-0.39, 0.29) is 0 Å². The standard InChI is InChI=1S/C6H6N2O/c9-5-6-1-2-7-3-4-8-6/h1-5,8H. The summed E-state index contributed by atoms with van der Waals surface area (Å²) in [5.41, 5.74) is 0.521. The van der Waals surface area contributed by atoms with Crippen LogP contribution in [-0.4, -0.2) is 12.5 Å². The van der Waals surface area contributed by atoms with Crippen LogP contribution in [0.5, 0.6) is 0 Å². The Morgan fingerprint density at radius 3 is 3.33 bits per heavy atom. The largest absolute Gasteiger partial charge is 0.358 e. The molecule has 0 spiro atoms. The molecule has 0 bridgehead atoms. The van der Waals surface area contributed by atoms with Crippen molar-refractivity contribution in [2.24, 2.45) is 4.99 Å². The van der Waals surface area contributed by atoms with Crippen LogP contribution >= 0.6 is 0 Å². The van der Waals surface area contributed by atoms with Crippen molar-refractivity contribution in [3.63, 3.8) is 0 Å². The number of allylic oxidation sites excluding steroid dienone is 2. The van der Waals surface area contributed by atoms with Crippen molar-refractivity contribution in [2.45, 2.75) is 0 Å². The van der Waals surface area contributed by atoms with Gasteiger partial charge in [-0.15, -0.1) is 0 Å². The number of nitrogens with one attached hydrogen (secondary N) is 1. The van der Waals surface area contributed by atoms with Gasteiger partial charge >= 0.3 is 0 Å². The Balaban J connectivity index is 2.73. The Bertz CT molecular complexity index is 191. The zero-order chi connectivity index (χ0) is 6.53. The van der Waals surface area contributed by atoms with Crippen molar-refractivity contribution in [3.8, 4) is 0 Å². The zero-order valence-electron chi connectivity index (χ0n) is 4.74. The molecule has 0 saturated carbocycles. The van der Waals surface area contributed by atoms with Gasteiger partial charge in [-0.05, 0) is 6.08 Å². The van der Waals surface area contributed by atoms with E-state index in [4.69, 9.17) is 0 Å². The second kappa shape index (κ2) is 2.81. The van der Waals surface area contributed by atoms with Gasteiger partial charge in [-0.25, -0.2) is 0 Å². The lowest BCUT2D eigenvalue weighted by Crippen LogP contribution is -2.04. The Labute approximate surface area is 52.8 Å². The van der Waals surface area contributed by atoms with Crippen molar-refractivity contribution >= 4 is 12.5 Å². The Hall–Kier alpha value is -1.38. The second-order valence-corrected chi connectivity index (χ2v) is 1.50. The molecule has 0 aromatic rings. The van der Waals surface area contributed by atoms with Crippen LogP contribution in [0.2, 0.25) is 0 Å². The summed E-state index contributed by atoms with van der Waals surface area (Å²) < 4.78 is 0. The van der Waals surface area contributed by atoms with Gasteiger partial charge < -0.3 is 5.32 Å². The summed E-state index contributed by atoms with van der Waals surface area (Å²) in [4.78, 5) is 13.9. The van der Waals surface area contributed by atoms with E-state index in [1.54, 1.807) is 24.7 Å². The number of hydrogen-bond acceptors (Lipinski definition) is 3. The minimum absolute atomic E-state index is 0.521. The molecule has 0 radical (unpaired) electrons. The van der Waals surface area contributed by atoms with Gasteiger partial charge in [0.2, 0.25) is 0 Å². The topological polar surface area (TPSA) is 41.5 Å². The van der Waals surface area contributed by atoms with E-state index in [2.05, 4.69) is 10.3 Å². The maximum atomic E-state index is 10.1. The third kappa shape index (κ3) is 1.53. The second-order valence-electron chi connectivity index (χ2n) is 1.50. The summed E-state index contributed by atoms with van der Waals surface area (Å²) in [6.45, 7) is 0. The van der Waals surface area contributed by atoms with E-state index < -0.39 is 0 Å². The number of nitrogens with zero attached hydrogens (tertiary/aromatic N) is 1. The molecule has 0 saturated heterocycles. The van der Waals surface area contributed by atoms with E-state index in [9.17, 15) is 4.79 Å². The van der Waals surface area contributed by atoms with E-state index in [0.717, 1.165) is 6.29 Å². The third-order valence-corrected chi connectivity index (χ3v) is 0.878. The molecule has 1 aliphatic rings. The van der Waals surface area contributed by atoms with Crippen LogP contribution in [0.4, 0.5) is 0 Å². The van der Waals surface area contributed by atoms with Gasteiger partial charge in [0, 0.05) is 18.6 Å². The minimum Gasteiger partial charge on any atom is -0.358 e. The first-order valence-corrected chi connectivity index (χ1v) is 2.53. The number of carbonyl (C=O) groups is 1. The van der Waals surface area contributed by atoms with E-state index >= 15 is 0 Å². The van der Waals surface area contributed by atoms with Gasteiger partial charge in [0.1, 0.15) is 0 Å². The van der Waals surface area contributed by atoms with Crippen molar-refractivity contribution < 1.29 is 4.79 Å². The number of aldehydes is 1. The van der Waals surface area contributed by atoms with E-state index in [0.29, 0.717) is 5.70 Å². The molecule has 1 N–H and O–H groups in total. The first kappa shape index (κ1) is 5.75. The van der Waals surface area contributed by atoms with Crippen molar-refractivity contribution in [1.82, 2.24) is 5.32 Å². The van der Waals surface area contributed by atoms with Crippen LogP contribution in [0.25, 0.3) is 0 Å². The van der Waals surface area contributed by atoms with E-state index in [1.807, 2.05) is 0 Å². The normalized spacial score (nSPS) is 15.8. The van der Waals surface area contributed by atoms with Gasteiger partial charge in [0.25, 0.3) is 0 Å². The fourth-order valence-electron chi connectivity index (χ4n) is 0.471. The molecule has 0 fully saturated rings. The molecule has 0 aromatic carbocycles. The van der Waals surface area contributed by atoms with Crippen molar-refractivity contribution in [2.75, 3.05) is 0 Å². The van der Waals surface area contributed by atoms with E-state index in [1.165, 1.54) is 0 Å². The Kier molecular flexibility index (Phi) is 1.80. The van der Waals surface area contributed by atoms with Crippen molar-refractivity contribution in [3.05, 3.63) is 24.2 Å². The number of carbonyl (C=O) groups excluding carboxylic acids is 1. The maximum Gasteiger partial charge on any atom is 0.166 e. The van der Waals surface area contributed by atoms with Crippen LogP contribution in [0.1, 0.15) is 0 Å².